The highest BCUT2D eigenvalue weighted by molar-refractivity contribution is 5.54. The van der Waals surface area contributed by atoms with Gasteiger partial charge in [0.05, 0.1) is 23.7 Å². The summed E-state index contributed by atoms with van der Waals surface area (Å²) in [4.78, 5) is 15.0. The Morgan fingerprint density at radius 2 is 2.19 bits per heavy atom. The van der Waals surface area contributed by atoms with Gasteiger partial charge in [-0.25, -0.2) is 4.98 Å². The van der Waals surface area contributed by atoms with Crippen molar-refractivity contribution < 1.29 is 9.66 Å². The molecular weight excluding hydrogens is 272 g/mol. The summed E-state index contributed by atoms with van der Waals surface area (Å²) in [5, 5.41) is 17.3. The molecule has 0 aliphatic carbocycles. The van der Waals surface area contributed by atoms with Gasteiger partial charge in [-0.1, -0.05) is 6.92 Å². The molecule has 0 amide bonds. The zero-order valence-electron chi connectivity index (χ0n) is 12.3. The first-order chi connectivity index (χ1) is 10.2. The largest absolute Gasteiger partial charge is 0.381 e. The molecule has 116 valence electrons. The molecule has 7 nitrogen and oxygen atoms in total. The maximum Gasteiger partial charge on any atom is 0.276 e. The van der Waals surface area contributed by atoms with Gasteiger partial charge >= 0.3 is 0 Å². The monoisotopic (exact) mass is 294 g/mol. The van der Waals surface area contributed by atoms with E-state index in [1.165, 1.54) is 12.1 Å². The number of aromatic nitrogens is 1. The molecule has 1 fully saturated rings. The topological polar surface area (TPSA) is 89.3 Å². The van der Waals surface area contributed by atoms with E-state index >= 15 is 0 Å². The van der Waals surface area contributed by atoms with E-state index in [0.717, 1.165) is 45.6 Å². The molecule has 1 unspecified atom stereocenters. The zero-order chi connectivity index (χ0) is 15.1. The second-order valence-electron chi connectivity index (χ2n) is 5.24. The fourth-order valence-electron chi connectivity index (χ4n) is 2.27. The Balaban J connectivity index is 2.02. The van der Waals surface area contributed by atoms with E-state index in [-0.39, 0.29) is 5.69 Å². The van der Waals surface area contributed by atoms with Crippen molar-refractivity contribution in [2.45, 2.75) is 26.2 Å². The van der Waals surface area contributed by atoms with Crippen molar-refractivity contribution in [2.24, 2.45) is 5.92 Å². The Morgan fingerprint density at radius 3 is 2.81 bits per heavy atom. The summed E-state index contributed by atoms with van der Waals surface area (Å²) >= 11 is 0. The molecule has 0 aromatic carbocycles. The molecule has 0 saturated carbocycles. The van der Waals surface area contributed by atoms with E-state index in [4.69, 9.17) is 4.74 Å². The van der Waals surface area contributed by atoms with Crippen LogP contribution in [0.2, 0.25) is 0 Å². The molecule has 2 heterocycles. The Bertz CT molecular complexity index is 475. The minimum atomic E-state index is -0.395. The summed E-state index contributed by atoms with van der Waals surface area (Å²) in [5.41, 5.74) is 0.0472. The van der Waals surface area contributed by atoms with Gasteiger partial charge in [0.2, 0.25) is 0 Å². The van der Waals surface area contributed by atoms with E-state index in [1.807, 2.05) is 6.92 Å². The molecule has 21 heavy (non-hydrogen) atoms. The number of hydrogen-bond donors (Lipinski definition) is 2. The van der Waals surface area contributed by atoms with E-state index in [2.05, 4.69) is 15.6 Å². The predicted molar refractivity (Wildman–Crippen MR) is 81.7 cm³/mol. The van der Waals surface area contributed by atoms with Gasteiger partial charge in [-0.15, -0.1) is 0 Å². The van der Waals surface area contributed by atoms with E-state index < -0.39 is 4.92 Å². The Hall–Kier alpha value is -1.89. The minimum absolute atomic E-state index is 0.0472. The number of nitrogens with zero attached hydrogens (tertiary/aromatic N) is 2. The second-order valence-corrected chi connectivity index (χ2v) is 5.24. The van der Waals surface area contributed by atoms with Crippen molar-refractivity contribution in [3.05, 3.63) is 22.2 Å². The van der Waals surface area contributed by atoms with Gasteiger partial charge in [0, 0.05) is 19.7 Å². The predicted octanol–water partition coefficient (Wildman–Crippen LogP) is 2.65. The van der Waals surface area contributed by atoms with Crippen LogP contribution in [0.1, 0.15) is 26.2 Å². The molecule has 0 radical (unpaired) electrons. The lowest BCUT2D eigenvalue weighted by molar-refractivity contribution is -0.384. The SMILES string of the molecule is CCCNc1cc([N+](=O)[O-])cc(NCC2CCCOC2)n1. The molecule has 1 aromatic rings. The molecule has 2 rings (SSSR count). The Labute approximate surface area is 124 Å². The molecule has 2 N–H and O–H groups in total. The summed E-state index contributed by atoms with van der Waals surface area (Å²) in [6, 6.07) is 2.94. The third kappa shape index (κ3) is 4.86. The standard InChI is InChI=1S/C14H22N4O3/c1-2-5-15-13-7-12(18(19)20)8-14(17-13)16-9-11-4-3-6-21-10-11/h7-8,11H,2-6,9-10H2,1H3,(H2,15,16,17). The van der Waals surface area contributed by atoms with Gasteiger partial charge in [0.15, 0.2) is 0 Å². The van der Waals surface area contributed by atoms with Crippen LogP contribution in [-0.2, 0) is 4.74 Å². The molecule has 7 heteroatoms. The van der Waals surface area contributed by atoms with Crippen LogP contribution in [-0.4, -0.2) is 36.2 Å². The van der Waals surface area contributed by atoms with Gasteiger partial charge in [0.25, 0.3) is 5.69 Å². The smallest absolute Gasteiger partial charge is 0.276 e. The lowest BCUT2D eigenvalue weighted by Crippen LogP contribution is -2.24. The number of ether oxygens (including phenoxy) is 1. The van der Waals surface area contributed by atoms with Crippen molar-refractivity contribution in [1.29, 1.82) is 0 Å². The molecule has 0 spiro atoms. The minimum Gasteiger partial charge on any atom is -0.381 e. The summed E-state index contributed by atoms with van der Waals surface area (Å²) in [6.07, 6.45) is 3.12. The van der Waals surface area contributed by atoms with Crippen LogP contribution in [0.25, 0.3) is 0 Å². The Morgan fingerprint density at radius 1 is 1.43 bits per heavy atom. The van der Waals surface area contributed by atoms with Crippen molar-refractivity contribution in [1.82, 2.24) is 4.98 Å². The van der Waals surface area contributed by atoms with Gasteiger partial charge in [-0.05, 0) is 25.2 Å². The summed E-state index contributed by atoms with van der Waals surface area (Å²) in [6.45, 7) is 5.07. The molecule has 1 aliphatic rings. The second kappa shape index (κ2) is 7.78. The van der Waals surface area contributed by atoms with Crippen LogP contribution in [0, 0.1) is 16.0 Å². The van der Waals surface area contributed by atoms with Crippen molar-refractivity contribution in [2.75, 3.05) is 36.9 Å². The Kier molecular flexibility index (Phi) is 5.74. The summed E-state index contributed by atoms with van der Waals surface area (Å²) in [7, 11) is 0. The number of hydrogen-bond acceptors (Lipinski definition) is 6. The third-order valence-corrected chi connectivity index (χ3v) is 3.40. The van der Waals surface area contributed by atoms with Crippen LogP contribution in [0.3, 0.4) is 0 Å². The van der Waals surface area contributed by atoms with Gasteiger partial charge in [-0.3, -0.25) is 10.1 Å². The lowest BCUT2D eigenvalue weighted by atomic mass is 10.0. The first-order valence-electron chi connectivity index (χ1n) is 7.41. The lowest BCUT2D eigenvalue weighted by Gasteiger charge is -2.22. The van der Waals surface area contributed by atoms with Crippen LogP contribution >= 0.6 is 0 Å². The number of anilines is 2. The summed E-state index contributed by atoms with van der Waals surface area (Å²) in [5.74, 6) is 1.51. The average molecular weight is 294 g/mol. The van der Waals surface area contributed by atoms with Crippen molar-refractivity contribution >= 4 is 17.3 Å². The first-order valence-corrected chi connectivity index (χ1v) is 7.41. The van der Waals surface area contributed by atoms with Gasteiger partial charge < -0.3 is 15.4 Å². The first kappa shape index (κ1) is 15.5. The molecular formula is C14H22N4O3. The highest BCUT2D eigenvalue weighted by atomic mass is 16.6. The number of pyridine rings is 1. The fourth-order valence-corrected chi connectivity index (χ4v) is 2.27. The van der Waals surface area contributed by atoms with Crippen molar-refractivity contribution in [3.8, 4) is 0 Å². The van der Waals surface area contributed by atoms with Crippen LogP contribution < -0.4 is 10.6 Å². The number of nitro groups is 1. The van der Waals surface area contributed by atoms with E-state index in [1.54, 1.807) is 0 Å². The fraction of sp³-hybridized carbons (Fsp3) is 0.643. The normalized spacial score (nSPS) is 18.2. The average Bonchev–Trinajstić information content (AvgIpc) is 2.51. The van der Waals surface area contributed by atoms with E-state index in [0.29, 0.717) is 17.6 Å². The highest BCUT2D eigenvalue weighted by Gasteiger charge is 2.15. The molecule has 1 aromatic heterocycles. The van der Waals surface area contributed by atoms with Crippen LogP contribution in [0.5, 0.6) is 0 Å². The molecule has 1 aliphatic heterocycles. The zero-order valence-corrected chi connectivity index (χ0v) is 12.3. The molecule has 0 bridgehead atoms. The molecule has 1 atom stereocenters. The number of rotatable bonds is 7. The van der Waals surface area contributed by atoms with Gasteiger partial charge in [0.1, 0.15) is 11.6 Å². The third-order valence-electron chi connectivity index (χ3n) is 3.40. The van der Waals surface area contributed by atoms with Crippen LogP contribution in [0.4, 0.5) is 17.3 Å². The maximum absolute atomic E-state index is 11.0. The maximum atomic E-state index is 11.0. The highest BCUT2D eigenvalue weighted by Crippen LogP contribution is 2.21. The number of nitrogens with one attached hydrogen (secondary N) is 2. The van der Waals surface area contributed by atoms with Crippen molar-refractivity contribution in [3.63, 3.8) is 0 Å². The summed E-state index contributed by atoms with van der Waals surface area (Å²) < 4.78 is 5.43. The molecule has 1 saturated heterocycles. The van der Waals surface area contributed by atoms with Gasteiger partial charge in [-0.2, -0.15) is 0 Å². The van der Waals surface area contributed by atoms with E-state index in [9.17, 15) is 10.1 Å². The van der Waals surface area contributed by atoms with Crippen LogP contribution in [0.15, 0.2) is 12.1 Å². The quantitative estimate of drug-likeness (QED) is 0.593.